The van der Waals surface area contributed by atoms with Gasteiger partial charge in [-0.25, -0.2) is 4.98 Å². The second-order valence-corrected chi connectivity index (χ2v) is 5.83. The Bertz CT molecular complexity index is 934. The van der Waals surface area contributed by atoms with Crippen LogP contribution < -0.4 is 10.6 Å². The molecule has 0 fully saturated rings. The summed E-state index contributed by atoms with van der Waals surface area (Å²) in [6.07, 6.45) is 3.78. The van der Waals surface area contributed by atoms with Crippen molar-refractivity contribution in [2.75, 3.05) is 12.4 Å². The molecule has 0 spiro atoms. The summed E-state index contributed by atoms with van der Waals surface area (Å²) in [5, 5.41) is 9.34. The second-order valence-electron chi connectivity index (χ2n) is 5.83. The van der Waals surface area contributed by atoms with E-state index in [1.165, 1.54) is 13.1 Å². The van der Waals surface area contributed by atoms with Crippen molar-refractivity contribution in [2.45, 2.75) is 6.42 Å². The van der Waals surface area contributed by atoms with Crippen molar-refractivity contribution in [1.29, 1.82) is 0 Å². The van der Waals surface area contributed by atoms with Crippen molar-refractivity contribution >= 4 is 17.5 Å². The van der Waals surface area contributed by atoms with Crippen LogP contribution in [0.3, 0.4) is 0 Å². The Balaban J connectivity index is 1.91. The highest BCUT2D eigenvalue weighted by molar-refractivity contribution is 6.05. The number of anilines is 1. The molecule has 0 saturated heterocycles. The van der Waals surface area contributed by atoms with Crippen molar-refractivity contribution in [2.24, 2.45) is 7.05 Å². The Kier molecular flexibility index (Phi) is 5.07. The summed E-state index contributed by atoms with van der Waals surface area (Å²) >= 11 is 0. The number of aryl methyl sites for hydroxylation is 1. The fraction of sp³-hybridized carbons (Fsp3) is 0.158. The fourth-order valence-electron chi connectivity index (χ4n) is 2.55. The third kappa shape index (κ3) is 4.13. The minimum atomic E-state index is -0.338. The molecule has 1 aromatic carbocycles. The van der Waals surface area contributed by atoms with Crippen LogP contribution in [0.5, 0.6) is 0 Å². The van der Waals surface area contributed by atoms with Crippen LogP contribution in [0.25, 0.3) is 0 Å². The standard InChI is InChI=1S/C19H19N5O2/c1-20-19(26)17-10-14(18(25)23-16-11-21-24(2)12-16)9-15(22-17)8-13-6-4-3-5-7-13/h3-7,9-12H,8H2,1-2H3,(H,20,26)(H,23,25). The fourth-order valence-corrected chi connectivity index (χ4v) is 2.55. The van der Waals surface area contributed by atoms with E-state index in [-0.39, 0.29) is 17.5 Å². The predicted molar refractivity (Wildman–Crippen MR) is 98.0 cm³/mol. The molecule has 0 aliphatic rings. The number of aromatic nitrogens is 3. The Hall–Kier alpha value is -3.48. The molecule has 7 heteroatoms. The van der Waals surface area contributed by atoms with Gasteiger partial charge in [0.05, 0.1) is 11.9 Å². The number of nitrogens with zero attached hydrogens (tertiary/aromatic N) is 3. The van der Waals surface area contributed by atoms with Gasteiger partial charge in [-0.1, -0.05) is 30.3 Å². The minimum Gasteiger partial charge on any atom is -0.354 e. The van der Waals surface area contributed by atoms with Crippen LogP contribution in [0, 0.1) is 0 Å². The SMILES string of the molecule is CNC(=O)c1cc(C(=O)Nc2cnn(C)c2)cc(Cc2ccccc2)n1. The molecule has 0 bridgehead atoms. The third-order valence-electron chi connectivity index (χ3n) is 3.79. The maximum atomic E-state index is 12.6. The van der Waals surface area contributed by atoms with Gasteiger partial charge in [0.25, 0.3) is 11.8 Å². The number of carbonyl (C=O) groups excluding carboxylic acids is 2. The molecular weight excluding hydrogens is 330 g/mol. The minimum absolute atomic E-state index is 0.206. The summed E-state index contributed by atoms with van der Waals surface area (Å²) in [4.78, 5) is 29.0. The maximum absolute atomic E-state index is 12.6. The largest absolute Gasteiger partial charge is 0.354 e. The van der Waals surface area contributed by atoms with Crippen molar-refractivity contribution in [1.82, 2.24) is 20.1 Å². The van der Waals surface area contributed by atoms with Crippen LogP contribution in [0.4, 0.5) is 5.69 Å². The van der Waals surface area contributed by atoms with Crippen LogP contribution in [0.15, 0.2) is 54.9 Å². The van der Waals surface area contributed by atoms with Gasteiger partial charge in [0, 0.05) is 38.0 Å². The van der Waals surface area contributed by atoms with Gasteiger partial charge in [0.1, 0.15) is 5.69 Å². The summed E-state index contributed by atoms with van der Waals surface area (Å²) in [5.74, 6) is -0.657. The quantitative estimate of drug-likeness (QED) is 0.737. The normalized spacial score (nSPS) is 10.4. The zero-order chi connectivity index (χ0) is 18.5. The highest BCUT2D eigenvalue weighted by Gasteiger charge is 2.15. The van der Waals surface area contributed by atoms with Crippen molar-refractivity contribution < 1.29 is 9.59 Å². The molecule has 2 heterocycles. The monoisotopic (exact) mass is 349 g/mol. The Labute approximate surface area is 151 Å². The molecule has 7 nitrogen and oxygen atoms in total. The van der Waals surface area contributed by atoms with E-state index in [1.54, 1.807) is 30.2 Å². The first-order valence-electron chi connectivity index (χ1n) is 8.12. The number of rotatable bonds is 5. The molecule has 2 aromatic heterocycles. The highest BCUT2D eigenvalue weighted by Crippen LogP contribution is 2.14. The average molecular weight is 349 g/mol. The van der Waals surface area contributed by atoms with Gasteiger partial charge in [-0.15, -0.1) is 0 Å². The van der Waals surface area contributed by atoms with Gasteiger partial charge in [-0.2, -0.15) is 5.10 Å². The number of amides is 2. The Morgan fingerprint density at radius 1 is 1.12 bits per heavy atom. The average Bonchev–Trinajstić information content (AvgIpc) is 3.06. The number of benzene rings is 1. The summed E-state index contributed by atoms with van der Waals surface area (Å²) in [5.41, 5.74) is 2.85. The smallest absolute Gasteiger partial charge is 0.269 e. The summed E-state index contributed by atoms with van der Waals surface area (Å²) < 4.78 is 1.60. The number of hydrogen-bond donors (Lipinski definition) is 2. The summed E-state index contributed by atoms with van der Waals surface area (Å²) in [6, 6.07) is 12.9. The molecule has 0 radical (unpaired) electrons. The second kappa shape index (κ2) is 7.60. The molecule has 0 saturated carbocycles. The van der Waals surface area contributed by atoms with Crippen molar-refractivity contribution in [3.63, 3.8) is 0 Å². The van der Waals surface area contributed by atoms with E-state index < -0.39 is 0 Å². The van der Waals surface area contributed by atoms with Crippen LogP contribution in [0.1, 0.15) is 32.1 Å². The van der Waals surface area contributed by atoms with E-state index in [1.807, 2.05) is 30.3 Å². The van der Waals surface area contributed by atoms with E-state index in [0.717, 1.165) is 5.56 Å². The lowest BCUT2D eigenvalue weighted by Gasteiger charge is -2.09. The first-order valence-corrected chi connectivity index (χ1v) is 8.12. The first kappa shape index (κ1) is 17.3. The predicted octanol–water partition coefficient (Wildman–Crippen LogP) is 2.02. The molecule has 3 rings (SSSR count). The van der Waals surface area contributed by atoms with E-state index in [9.17, 15) is 9.59 Å². The number of hydrogen-bond acceptors (Lipinski definition) is 4. The van der Waals surface area contributed by atoms with E-state index in [4.69, 9.17) is 0 Å². The van der Waals surface area contributed by atoms with Crippen molar-refractivity contribution in [3.05, 3.63) is 77.4 Å². The molecular formula is C19H19N5O2. The summed E-state index contributed by atoms with van der Waals surface area (Å²) in [6.45, 7) is 0. The van der Waals surface area contributed by atoms with Gasteiger partial charge in [-0.05, 0) is 17.7 Å². The molecule has 26 heavy (non-hydrogen) atoms. The van der Waals surface area contributed by atoms with Gasteiger partial charge < -0.3 is 10.6 Å². The lowest BCUT2D eigenvalue weighted by atomic mass is 10.1. The molecule has 0 atom stereocenters. The van der Waals surface area contributed by atoms with Crippen LogP contribution in [-0.4, -0.2) is 33.6 Å². The van der Waals surface area contributed by atoms with Crippen LogP contribution in [-0.2, 0) is 13.5 Å². The Morgan fingerprint density at radius 2 is 1.88 bits per heavy atom. The molecule has 2 amide bonds. The van der Waals surface area contributed by atoms with Crippen LogP contribution in [0.2, 0.25) is 0 Å². The first-order chi connectivity index (χ1) is 12.5. The summed E-state index contributed by atoms with van der Waals surface area (Å²) in [7, 11) is 3.30. The Morgan fingerprint density at radius 3 is 2.54 bits per heavy atom. The highest BCUT2D eigenvalue weighted by atomic mass is 16.2. The van der Waals surface area contributed by atoms with Crippen molar-refractivity contribution in [3.8, 4) is 0 Å². The van der Waals surface area contributed by atoms with Gasteiger partial charge >= 0.3 is 0 Å². The zero-order valence-electron chi connectivity index (χ0n) is 14.6. The molecule has 0 aliphatic carbocycles. The molecule has 3 aromatic rings. The molecule has 132 valence electrons. The van der Waals surface area contributed by atoms with E-state index in [0.29, 0.717) is 23.4 Å². The number of carbonyl (C=O) groups is 2. The number of pyridine rings is 1. The molecule has 0 unspecified atom stereocenters. The van der Waals surface area contributed by atoms with Gasteiger partial charge in [0.15, 0.2) is 0 Å². The lowest BCUT2D eigenvalue weighted by molar-refractivity contribution is 0.0958. The maximum Gasteiger partial charge on any atom is 0.269 e. The van der Waals surface area contributed by atoms with E-state index in [2.05, 4.69) is 20.7 Å². The lowest BCUT2D eigenvalue weighted by Crippen LogP contribution is -2.21. The van der Waals surface area contributed by atoms with E-state index >= 15 is 0 Å². The zero-order valence-corrected chi connectivity index (χ0v) is 14.6. The molecule has 0 aliphatic heterocycles. The third-order valence-corrected chi connectivity index (χ3v) is 3.79. The van der Waals surface area contributed by atoms with Gasteiger partial charge in [0.2, 0.25) is 0 Å². The number of nitrogens with one attached hydrogen (secondary N) is 2. The van der Waals surface area contributed by atoms with Crippen LogP contribution >= 0.6 is 0 Å². The van der Waals surface area contributed by atoms with Gasteiger partial charge in [-0.3, -0.25) is 14.3 Å². The molecule has 2 N–H and O–H groups in total. The topological polar surface area (TPSA) is 88.9 Å².